The fourth-order valence-corrected chi connectivity index (χ4v) is 3.32. The Kier molecular flexibility index (Phi) is 5.63. The maximum Gasteiger partial charge on any atom is 0.132 e. The summed E-state index contributed by atoms with van der Waals surface area (Å²) in [6.45, 7) is 0. The van der Waals surface area contributed by atoms with Crippen LogP contribution in [0.15, 0.2) is 53.7 Å². The van der Waals surface area contributed by atoms with Crippen molar-refractivity contribution in [3.05, 3.63) is 59.2 Å². The monoisotopic (exact) mass is 317 g/mol. The van der Waals surface area contributed by atoms with Gasteiger partial charge in [-0.3, -0.25) is 5.32 Å². The molecule has 1 heterocycles. The maximum absolute atomic E-state index is 9.62. The Morgan fingerprint density at radius 2 is 2.05 bits per heavy atom. The van der Waals surface area contributed by atoms with Gasteiger partial charge in [0.2, 0.25) is 0 Å². The van der Waals surface area contributed by atoms with Crippen LogP contribution < -0.4 is 5.32 Å². The first-order chi connectivity index (χ1) is 10.2. The number of halogens is 1. The first-order valence-corrected chi connectivity index (χ1v) is 7.97. The Hall–Kier alpha value is -1.54. The van der Waals surface area contributed by atoms with E-state index in [2.05, 4.69) is 16.4 Å². The number of thioether (sulfide) groups is 1. The van der Waals surface area contributed by atoms with E-state index in [1.807, 2.05) is 49.5 Å². The summed E-state index contributed by atoms with van der Waals surface area (Å²) >= 11 is 7.66. The van der Waals surface area contributed by atoms with Gasteiger partial charge in [-0.15, -0.1) is 11.8 Å². The van der Waals surface area contributed by atoms with E-state index in [4.69, 9.17) is 11.6 Å². The molecule has 1 atom stereocenters. The smallest absolute Gasteiger partial charge is 0.132 e. The molecule has 0 saturated heterocycles. The van der Waals surface area contributed by atoms with E-state index < -0.39 is 5.54 Å². The summed E-state index contributed by atoms with van der Waals surface area (Å²) < 4.78 is 0. The predicted molar refractivity (Wildman–Crippen MR) is 87.4 cm³/mol. The van der Waals surface area contributed by atoms with Gasteiger partial charge in [0, 0.05) is 11.9 Å². The van der Waals surface area contributed by atoms with Crippen LogP contribution in [0.5, 0.6) is 0 Å². The van der Waals surface area contributed by atoms with Crippen molar-refractivity contribution >= 4 is 23.4 Å². The fraction of sp³-hybridized carbons (Fsp3) is 0.250. The molecule has 0 saturated carbocycles. The molecule has 1 aromatic heterocycles. The van der Waals surface area contributed by atoms with Crippen molar-refractivity contribution in [2.45, 2.75) is 17.0 Å². The van der Waals surface area contributed by atoms with Crippen molar-refractivity contribution in [1.29, 1.82) is 5.26 Å². The highest BCUT2D eigenvalue weighted by atomic mass is 35.5. The van der Waals surface area contributed by atoms with Crippen LogP contribution >= 0.6 is 23.4 Å². The summed E-state index contributed by atoms with van der Waals surface area (Å²) in [5.74, 6) is 0.750. The molecule has 0 fully saturated rings. The molecule has 1 N–H and O–H groups in total. The quantitative estimate of drug-likeness (QED) is 0.822. The SMILES string of the molecule is CNC(C#N)(CCSc1ncccc1Cl)c1ccccc1. The van der Waals surface area contributed by atoms with Gasteiger partial charge in [-0.2, -0.15) is 5.26 Å². The van der Waals surface area contributed by atoms with Crippen LogP contribution in [0.4, 0.5) is 0 Å². The number of nitrogens with one attached hydrogen (secondary N) is 1. The van der Waals surface area contributed by atoms with Crippen LogP contribution in [0.25, 0.3) is 0 Å². The van der Waals surface area contributed by atoms with Crippen LogP contribution in [0.2, 0.25) is 5.02 Å². The molecule has 5 heteroatoms. The van der Waals surface area contributed by atoms with Crippen LogP contribution in [0.3, 0.4) is 0 Å². The molecule has 0 aliphatic rings. The van der Waals surface area contributed by atoms with Gasteiger partial charge in [-0.1, -0.05) is 41.9 Å². The fourth-order valence-electron chi connectivity index (χ4n) is 2.09. The van der Waals surface area contributed by atoms with Crippen molar-refractivity contribution in [2.75, 3.05) is 12.8 Å². The highest BCUT2D eigenvalue weighted by Gasteiger charge is 2.29. The van der Waals surface area contributed by atoms with E-state index in [-0.39, 0.29) is 0 Å². The Bertz CT molecular complexity index is 627. The summed E-state index contributed by atoms with van der Waals surface area (Å²) in [7, 11) is 1.81. The van der Waals surface area contributed by atoms with E-state index in [0.29, 0.717) is 11.4 Å². The molecule has 1 aromatic carbocycles. The van der Waals surface area contributed by atoms with E-state index in [0.717, 1.165) is 16.3 Å². The number of nitrogens with zero attached hydrogens (tertiary/aromatic N) is 2. The van der Waals surface area contributed by atoms with Crippen LogP contribution in [-0.4, -0.2) is 17.8 Å². The molecule has 1 unspecified atom stereocenters. The molecule has 0 spiro atoms. The van der Waals surface area contributed by atoms with Crippen LogP contribution in [0.1, 0.15) is 12.0 Å². The topological polar surface area (TPSA) is 48.7 Å². The molecule has 0 aliphatic heterocycles. The van der Waals surface area contributed by atoms with E-state index in [9.17, 15) is 5.26 Å². The summed E-state index contributed by atoms with van der Waals surface area (Å²) in [6, 6.07) is 15.8. The minimum atomic E-state index is -0.685. The lowest BCUT2D eigenvalue weighted by atomic mass is 9.89. The highest BCUT2D eigenvalue weighted by Crippen LogP contribution is 2.30. The lowest BCUT2D eigenvalue weighted by Gasteiger charge is -2.26. The van der Waals surface area contributed by atoms with Crippen LogP contribution in [0, 0.1) is 11.3 Å². The average molecular weight is 318 g/mol. The van der Waals surface area contributed by atoms with Gasteiger partial charge in [0.05, 0.1) is 11.1 Å². The van der Waals surface area contributed by atoms with Crippen molar-refractivity contribution in [3.8, 4) is 6.07 Å². The first-order valence-electron chi connectivity index (χ1n) is 6.61. The van der Waals surface area contributed by atoms with Crippen molar-refractivity contribution in [2.24, 2.45) is 0 Å². The third-order valence-corrected chi connectivity index (χ3v) is 4.75. The average Bonchev–Trinajstić information content (AvgIpc) is 2.54. The van der Waals surface area contributed by atoms with Gasteiger partial charge in [-0.05, 0) is 31.2 Å². The minimum Gasteiger partial charge on any atom is -0.299 e. The van der Waals surface area contributed by atoms with Crippen molar-refractivity contribution < 1.29 is 0 Å². The molecule has 0 aliphatic carbocycles. The number of benzene rings is 1. The Morgan fingerprint density at radius 1 is 1.29 bits per heavy atom. The zero-order valence-electron chi connectivity index (χ0n) is 11.7. The Labute approximate surface area is 134 Å². The van der Waals surface area contributed by atoms with Gasteiger partial charge in [0.25, 0.3) is 0 Å². The summed E-state index contributed by atoms with van der Waals surface area (Å²) in [5.41, 5.74) is 0.290. The third-order valence-electron chi connectivity index (χ3n) is 3.32. The zero-order valence-corrected chi connectivity index (χ0v) is 13.3. The number of aromatic nitrogens is 1. The molecule has 21 heavy (non-hydrogen) atoms. The molecule has 0 radical (unpaired) electrons. The Morgan fingerprint density at radius 3 is 2.67 bits per heavy atom. The molecular formula is C16H16ClN3S. The summed E-state index contributed by atoms with van der Waals surface area (Å²) in [6.07, 6.45) is 2.39. The van der Waals surface area contributed by atoms with E-state index in [1.165, 1.54) is 0 Å². The van der Waals surface area contributed by atoms with Crippen LogP contribution in [-0.2, 0) is 5.54 Å². The predicted octanol–water partition coefficient (Wildman–Crippen LogP) is 3.86. The third kappa shape index (κ3) is 3.76. The van der Waals surface area contributed by atoms with Gasteiger partial charge in [0.1, 0.15) is 10.6 Å². The largest absolute Gasteiger partial charge is 0.299 e. The molecule has 108 valence electrons. The lowest BCUT2D eigenvalue weighted by molar-refractivity contribution is 0.457. The number of nitriles is 1. The molecule has 2 rings (SSSR count). The van der Waals surface area contributed by atoms with Crippen molar-refractivity contribution in [3.63, 3.8) is 0 Å². The standard InChI is InChI=1S/C16H16ClN3S/c1-19-16(12-18,13-6-3-2-4-7-13)9-11-21-15-14(17)8-5-10-20-15/h2-8,10,19H,9,11H2,1H3. The number of rotatable bonds is 6. The number of hydrogen-bond donors (Lipinski definition) is 1. The van der Waals surface area contributed by atoms with Gasteiger partial charge in [-0.25, -0.2) is 4.98 Å². The molecule has 0 amide bonds. The molecule has 2 aromatic rings. The normalized spacial score (nSPS) is 13.4. The van der Waals surface area contributed by atoms with Gasteiger partial charge in [0.15, 0.2) is 0 Å². The van der Waals surface area contributed by atoms with Crippen molar-refractivity contribution in [1.82, 2.24) is 10.3 Å². The molecule has 0 bridgehead atoms. The molecule has 3 nitrogen and oxygen atoms in total. The van der Waals surface area contributed by atoms with Gasteiger partial charge >= 0.3 is 0 Å². The van der Waals surface area contributed by atoms with E-state index >= 15 is 0 Å². The number of pyridine rings is 1. The first kappa shape index (κ1) is 15.8. The Balaban J connectivity index is 2.08. The zero-order chi connectivity index (χ0) is 15.1. The summed E-state index contributed by atoms with van der Waals surface area (Å²) in [4.78, 5) is 4.25. The second-order valence-electron chi connectivity index (χ2n) is 4.52. The second-order valence-corrected chi connectivity index (χ2v) is 6.01. The highest BCUT2D eigenvalue weighted by molar-refractivity contribution is 7.99. The minimum absolute atomic E-state index is 0.647. The summed E-state index contributed by atoms with van der Waals surface area (Å²) in [5, 5.41) is 14.2. The van der Waals surface area contributed by atoms with Gasteiger partial charge < -0.3 is 0 Å². The van der Waals surface area contributed by atoms with E-state index in [1.54, 1.807) is 18.0 Å². The maximum atomic E-state index is 9.62. The lowest BCUT2D eigenvalue weighted by Crippen LogP contribution is -2.39. The second kappa shape index (κ2) is 7.46. The molecular weight excluding hydrogens is 302 g/mol. The number of hydrogen-bond acceptors (Lipinski definition) is 4.